The van der Waals surface area contributed by atoms with Crippen molar-refractivity contribution < 1.29 is 13.2 Å². The van der Waals surface area contributed by atoms with Gasteiger partial charge in [0.05, 0.1) is 23.3 Å². The summed E-state index contributed by atoms with van der Waals surface area (Å²) in [4.78, 5) is 4.40. The standard InChI is InChI=1S/C16H12F3N5/c17-16(18,19)10-24-9-12(8-22-24)7-21-15-4-2-13-5-11(6-20)1-3-14(13)23-15/h1-5,8-9H,7,10H2,(H,21,23). The molecule has 0 spiro atoms. The molecule has 122 valence electrons. The number of nitrogens with zero attached hydrogens (tertiary/aromatic N) is 4. The van der Waals surface area contributed by atoms with Crippen molar-refractivity contribution >= 4 is 16.7 Å². The van der Waals surface area contributed by atoms with Crippen molar-refractivity contribution in [1.82, 2.24) is 14.8 Å². The van der Waals surface area contributed by atoms with Gasteiger partial charge in [0.15, 0.2) is 0 Å². The maximum Gasteiger partial charge on any atom is 0.408 e. The van der Waals surface area contributed by atoms with Gasteiger partial charge in [-0.15, -0.1) is 0 Å². The van der Waals surface area contributed by atoms with Crippen molar-refractivity contribution in [2.45, 2.75) is 19.3 Å². The molecule has 0 amide bonds. The van der Waals surface area contributed by atoms with Crippen molar-refractivity contribution in [3.05, 3.63) is 53.9 Å². The molecule has 0 atom stereocenters. The monoisotopic (exact) mass is 331 g/mol. The van der Waals surface area contributed by atoms with Crippen molar-refractivity contribution in [3.8, 4) is 6.07 Å². The minimum Gasteiger partial charge on any atom is -0.366 e. The zero-order chi connectivity index (χ0) is 17.2. The van der Waals surface area contributed by atoms with Gasteiger partial charge in [-0.2, -0.15) is 23.5 Å². The summed E-state index contributed by atoms with van der Waals surface area (Å²) < 4.78 is 37.7. The van der Waals surface area contributed by atoms with E-state index in [1.54, 1.807) is 24.3 Å². The van der Waals surface area contributed by atoms with Crippen molar-refractivity contribution in [3.63, 3.8) is 0 Å². The SMILES string of the molecule is N#Cc1ccc2nc(NCc3cnn(CC(F)(F)F)c3)ccc2c1. The Morgan fingerprint density at radius 2 is 2.04 bits per heavy atom. The van der Waals surface area contributed by atoms with Gasteiger partial charge < -0.3 is 5.32 Å². The zero-order valence-corrected chi connectivity index (χ0v) is 12.4. The maximum atomic E-state index is 12.3. The minimum absolute atomic E-state index is 0.312. The lowest BCUT2D eigenvalue weighted by atomic mass is 10.1. The van der Waals surface area contributed by atoms with E-state index in [1.165, 1.54) is 12.4 Å². The van der Waals surface area contributed by atoms with E-state index in [1.807, 2.05) is 6.07 Å². The molecular weight excluding hydrogens is 319 g/mol. The number of benzene rings is 1. The molecule has 0 aliphatic heterocycles. The van der Waals surface area contributed by atoms with Crippen LogP contribution in [0.5, 0.6) is 0 Å². The summed E-state index contributed by atoms with van der Waals surface area (Å²) in [5.41, 5.74) is 1.91. The van der Waals surface area contributed by atoms with Gasteiger partial charge >= 0.3 is 6.18 Å². The lowest BCUT2D eigenvalue weighted by molar-refractivity contribution is -0.142. The molecule has 0 aliphatic rings. The highest BCUT2D eigenvalue weighted by atomic mass is 19.4. The van der Waals surface area contributed by atoms with E-state index in [2.05, 4.69) is 21.5 Å². The van der Waals surface area contributed by atoms with Crippen LogP contribution < -0.4 is 5.32 Å². The molecule has 0 aliphatic carbocycles. The number of nitriles is 1. The molecule has 5 nitrogen and oxygen atoms in total. The van der Waals surface area contributed by atoms with Gasteiger partial charge in [-0.25, -0.2) is 4.98 Å². The Balaban J connectivity index is 1.68. The number of hydrogen-bond acceptors (Lipinski definition) is 4. The van der Waals surface area contributed by atoms with Crippen LogP contribution >= 0.6 is 0 Å². The first-order chi connectivity index (χ1) is 11.4. The molecule has 3 aromatic rings. The van der Waals surface area contributed by atoms with E-state index in [4.69, 9.17) is 5.26 Å². The van der Waals surface area contributed by atoms with Gasteiger partial charge in [0.1, 0.15) is 12.4 Å². The molecule has 2 heterocycles. The third-order valence-electron chi connectivity index (χ3n) is 3.32. The number of alkyl halides is 3. The first-order valence-corrected chi connectivity index (χ1v) is 7.06. The highest BCUT2D eigenvalue weighted by Gasteiger charge is 2.28. The summed E-state index contributed by atoms with van der Waals surface area (Å²) >= 11 is 0. The van der Waals surface area contributed by atoms with E-state index >= 15 is 0 Å². The number of halogens is 3. The Hall–Kier alpha value is -3.08. The fourth-order valence-corrected chi connectivity index (χ4v) is 2.25. The van der Waals surface area contributed by atoms with Gasteiger partial charge in [0.2, 0.25) is 0 Å². The maximum absolute atomic E-state index is 12.3. The van der Waals surface area contributed by atoms with Crippen LogP contribution in [0.15, 0.2) is 42.7 Å². The Labute approximate surface area is 135 Å². The van der Waals surface area contributed by atoms with Crippen LogP contribution in [0.1, 0.15) is 11.1 Å². The summed E-state index contributed by atoms with van der Waals surface area (Å²) in [6.07, 6.45) is -1.56. The highest BCUT2D eigenvalue weighted by molar-refractivity contribution is 5.81. The summed E-state index contributed by atoms with van der Waals surface area (Å²) in [5.74, 6) is 0.593. The number of aromatic nitrogens is 3. The van der Waals surface area contributed by atoms with Gasteiger partial charge in [-0.3, -0.25) is 4.68 Å². The largest absolute Gasteiger partial charge is 0.408 e. The second kappa shape index (κ2) is 6.20. The summed E-state index contributed by atoms with van der Waals surface area (Å²) in [5, 5.41) is 16.5. The van der Waals surface area contributed by atoms with Crippen LogP contribution in [0.25, 0.3) is 10.9 Å². The number of anilines is 1. The van der Waals surface area contributed by atoms with Crippen LogP contribution in [0, 0.1) is 11.3 Å². The summed E-state index contributed by atoms with van der Waals surface area (Å²) in [7, 11) is 0. The van der Waals surface area contributed by atoms with Crippen LogP contribution in [-0.4, -0.2) is 20.9 Å². The summed E-state index contributed by atoms with van der Waals surface area (Å²) in [6, 6.07) is 10.8. The number of hydrogen-bond donors (Lipinski definition) is 1. The molecule has 24 heavy (non-hydrogen) atoms. The molecule has 2 aromatic heterocycles. The fourth-order valence-electron chi connectivity index (χ4n) is 2.25. The molecule has 3 rings (SSSR count). The summed E-state index contributed by atoms with van der Waals surface area (Å²) in [6.45, 7) is -0.797. The third-order valence-corrected chi connectivity index (χ3v) is 3.32. The van der Waals surface area contributed by atoms with E-state index in [0.29, 0.717) is 23.5 Å². The average Bonchev–Trinajstić information content (AvgIpc) is 2.97. The molecule has 1 aromatic carbocycles. The normalized spacial score (nSPS) is 11.4. The average molecular weight is 331 g/mol. The lowest BCUT2D eigenvalue weighted by Crippen LogP contribution is -2.17. The van der Waals surface area contributed by atoms with Crippen LogP contribution in [0.4, 0.5) is 19.0 Å². The van der Waals surface area contributed by atoms with Crippen LogP contribution in [0.3, 0.4) is 0 Å². The first kappa shape index (κ1) is 15.8. The van der Waals surface area contributed by atoms with E-state index in [-0.39, 0.29) is 0 Å². The zero-order valence-electron chi connectivity index (χ0n) is 12.4. The van der Waals surface area contributed by atoms with Gasteiger partial charge in [0.25, 0.3) is 0 Å². The molecule has 1 N–H and O–H groups in total. The Bertz CT molecular complexity index is 908. The second-order valence-electron chi connectivity index (χ2n) is 5.23. The minimum atomic E-state index is -4.29. The molecule has 0 saturated carbocycles. The van der Waals surface area contributed by atoms with E-state index in [0.717, 1.165) is 15.6 Å². The van der Waals surface area contributed by atoms with Gasteiger partial charge in [0, 0.05) is 23.7 Å². The fraction of sp³-hybridized carbons (Fsp3) is 0.188. The second-order valence-corrected chi connectivity index (χ2v) is 5.23. The van der Waals surface area contributed by atoms with E-state index < -0.39 is 12.7 Å². The number of nitrogens with one attached hydrogen (secondary N) is 1. The Morgan fingerprint density at radius 1 is 1.21 bits per heavy atom. The smallest absolute Gasteiger partial charge is 0.366 e. The Kier molecular flexibility index (Phi) is 4.08. The predicted octanol–water partition coefficient (Wildman–Crippen LogP) is 3.48. The van der Waals surface area contributed by atoms with Crippen molar-refractivity contribution in [1.29, 1.82) is 5.26 Å². The molecule has 0 fully saturated rings. The number of rotatable bonds is 4. The van der Waals surface area contributed by atoms with Crippen molar-refractivity contribution in [2.24, 2.45) is 0 Å². The topological polar surface area (TPSA) is 66.5 Å². The quantitative estimate of drug-likeness (QED) is 0.795. The molecule has 0 unspecified atom stereocenters. The van der Waals surface area contributed by atoms with Crippen LogP contribution in [-0.2, 0) is 13.1 Å². The third kappa shape index (κ3) is 3.81. The lowest BCUT2D eigenvalue weighted by Gasteiger charge is -2.06. The molecule has 0 radical (unpaired) electrons. The molecule has 0 bridgehead atoms. The van der Waals surface area contributed by atoms with Gasteiger partial charge in [-0.05, 0) is 30.3 Å². The molecule has 0 saturated heterocycles. The Morgan fingerprint density at radius 3 is 2.79 bits per heavy atom. The highest BCUT2D eigenvalue weighted by Crippen LogP contribution is 2.19. The molecule has 8 heteroatoms. The van der Waals surface area contributed by atoms with Gasteiger partial charge in [-0.1, -0.05) is 0 Å². The predicted molar refractivity (Wildman–Crippen MR) is 82.1 cm³/mol. The van der Waals surface area contributed by atoms with Crippen LogP contribution in [0.2, 0.25) is 0 Å². The number of fused-ring (bicyclic) bond motifs is 1. The van der Waals surface area contributed by atoms with Crippen molar-refractivity contribution in [2.75, 3.05) is 5.32 Å². The molecular formula is C16H12F3N5. The number of pyridine rings is 1. The van der Waals surface area contributed by atoms with E-state index in [9.17, 15) is 13.2 Å². The first-order valence-electron chi connectivity index (χ1n) is 7.06.